The Bertz CT molecular complexity index is 491. The molecule has 3 heteroatoms. The Labute approximate surface area is 108 Å². The topological polar surface area (TPSA) is 29.5 Å². The van der Waals surface area contributed by atoms with E-state index in [-0.39, 0.29) is 18.6 Å². The third-order valence-electron chi connectivity index (χ3n) is 3.11. The number of aliphatic hydroxyl groups excluding tert-OH is 1. The van der Waals surface area contributed by atoms with Gasteiger partial charge >= 0.3 is 0 Å². The monoisotopic (exact) mass is 326 g/mol. The smallest absolute Gasteiger partial charge is 0.137 e. The molecule has 0 unspecified atom stereocenters. The Balaban J connectivity index is 2.13. The summed E-state index contributed by atoms with van der Waals surface area (Å²) in [5, 5.41) is 9.37. The maximum Gasteiger partial charge on any atom is 0.137 e. The molecular formula is C13H11IO2. The summed E-state index contributed by atoms with van der Waals surface area (Å²) < 4.78 is 7.06. The van der Waals surface area contributed by atoms with Gasteiger partial charge in [-0.1, -0.05) is 24.3 Å². The molecule has 1 aliphatic carbocycles. The van der Waals surface area contributed by atoms with E-state index in [0.717, 1.165) is 14.9 Å². The summed E-state index contributed by atoms with van der Waals surface area (Å²) in [5.74, 6) is 1.17. The molecule has 1 heterocycles. The maximum atomic E-state index is 9.37. The molecule has 1 aromatic rings. The first-order valence-corrected chi connectivity index (χ1v) is 6.32. The van der Waals surface area contributed by atoms with E-state index in [0.29, 0.717) is 0 Å². The van der Waals surface area contributed by atoms with Gasteiger partial charge in [0.1, 0.15) is 11.9 Å². The van der Waals surface area contributed by atoms with Crippen LogP contribution in [0.3, 0.4) is 0 Å². The van der Waals surface area contributed by atoms with Gasteiger partial charge in [-0.3, -0.25) is 0 Å². The third kappa shape index (κ3) is 1.42. The summed E-state index contributed by atoms with van der Waals surface area (Å²) in [4.78, 5) is 0. The maximum absolute atomic E-state index is 9.37. The number of para-hydroxylation sites is 1. The summed E-state index contributed by atoms with van der Waals surface area (Å²) >= 11 is 2.29. The van der Waals surface area contributed by atoms with Crippen molar-refractivity contribution < 1.29 is 9.84 Å². The highest BCUT2D eigenvalue weighted by atomic mass is 127. The average molecular weight is 326 g/mol. The number of ether oxygens (including phenoxy) is 1. The van der Waals surface area contributed by atoms with E-state index in [1.165, 1.54) is 5.56 Å². The molecule has 0 spiro atoms. The summed E-state index contributed by atoms with van der Waals surface area (Å²) in [6, 6.07) is 6.17. The summed E-state index contributed by atoms with van der Waals surface area (Å²) in [7, 11) is 0. The number of benzene rings is 1. The number of allylic oxidation sites excluding steroid dienone is 2. The molecule has 16 heavy (non-hydrogen) atoms. The average Bonchev–Trinajstić information content (AvgIpc) is 2.69. The van der Waals surface area contributed by atoms with Crippen molar-refractivity contribution in [2.75, 3.05) is 6.61 Å². The van der Waals surface area contributed by atoms with Crippen LogP contribution in [0.2, 0.25) is 0 Å². The van der Waals surface area contributed by atoms with E-state index in [9.17, 15) is 5.11 Å². The summed E-state index contributed by atoms with van der Waals surface area (Å²) in [6.45, 7) is 0.0970. The third-order valence-corrected chi connectivity index (χ3v) is 3.96. The fourth-order valence-electron chi connectivity index (χ4n) is 2.38. The van der Waals surface area contributed by atoms with Crippen LogP contribution in [0.25, 0.3) is 0 Å². The molecule has 0 radical (unpaired) electrons. The molecule has 0 bridgehead atoms. The predicted molar refractivity (Wildman–Crippen MR) is 70.6 cm³/mol. The van der Waals surface area contributed by atoms with E-state index in [1.807, 2.05) is 24.3 Å². The van der Waals surface area contributed by atoms with Crippen molar-refractivity contribution in [3.63, 3.8) is 0 Å². The highest BCUT2D eigenvalue weighted by Crippen LogP contribution is 2.46. The highest BCUT2D eigenvalue weighted by Gasteiger charge is 2.37. The van der Waals surface area contributed by atoms with Gasteiger partial charge in [-0.15, -0.1) is 0 Å². The summed E-state index contributed by atoms with van der Waals surface area (Å²) in [6.07, 6.45) is 6.06. The zero-order valence-corrected chi connectivity index (χ0v) is 10.7. The van der Waals surface area contributed by atoms with Crippen molar-refractivity contribution >= 4 is 22.6 Å². The SMILES string of the molecule is OCC1=CC=C[C@H]2Oc3c(I)cccc3[C@@H]12. The molecule has 0 fully saturated rings. The van der Waals surface area contributed by atoms with Gasteiger partial charge in [0.05, 0.1) is 16.1 Å². The van der Waals surface area contributed by atoms with Crippen molar-refractivity contribution in [1.29, 1.82) is 0 Å². The van der Waals surface area contributed by atoms with Gasteiger partial charge in [0.15, 0.2) is 0 Å². The molecule has 0 aromatic heterocycles. The van der Waals surface area contributed by atoms with E-state index < -0.39 is 0 Å². The molecular weight excluding hydrogens is 315 g/mol. The first kappa shape index (κ1) is 10.4. The number of rotatable bonds is 1. The van der Waals surface area contributed by atoms with Crippen LogP contribution in [0.5, 0.6) is 5.75 Å². The fraction of sp³-hybridized carbons (Fsp3) is 0.231. The molecule has 3 rings (SSSR count). The minimum Gasteiger partial charge on any atom is -0.484 e. The van der Waals surface area contributed by atoms with Gasteiger partial charge in [-0.05, 0) is 40.3 Å². The van der Waals surface area contributed by atoms with Crippen LogP contribution in [-0.2, 0) is 0 Å². The lowest BCUT2D eigenvalue weighted by Gasteiger charge is -2.20. The van der Waals surface area contributed by atoms with E-state index in [2.05, 4.69) is 34.7 Å². The Morgan fingerprint density at radius 3 is 3.06 bits per heavy atom. The van der Waals surface area contributed by atoms with Crippen molar-refractivity contribution in [3.8, 4) is 5.75 Å². The van der Waals surface area contributed by atoms with Gasteiger partial charge in [-0.2, -0.15) is 0 Å². The number of aliphatic hydroxyl groups is 1. The van der Waals surface area contributed by atoms with Gasteiger partial charge in [0.2, 0.25) is 0 Å². The lowest BCUT2D eigenvalue weighted by atomic mass is 9.85. The molecule has 0 amide bonds. The van der Waals surface area contributed by atoms with Crippen molar-refractivity contribution in [2.45, 2.75) is 12.0 Å². The van der Waals surface area contributed by atoms with Crippen LogP contribution in [0.4, 0.5) is 0 Å². The molecule has 2 aliphatic rings. The molecule has 2 nitrogen and oxygen atoms in total. The second-order valence-electron chi connectivity index (χ2n) is 4.00. The first-order chi connectivity index (χ1) is 7.81. The van der Waals surface area contributed by atoms with Crippen molar-refractivity contribution in [1.82, 2.24) is 0 Å². The van der Waals surface area contributed by atoms with Crippen LogP contribution in [0.1, 0.15) is 11.5 Å². The van der Waals surface area contributed by atoms with Gasteiger partial charge < -0.3 is 9.84 Å². The number of hydrogen-bond donors (Lipinski definition) is 1. The van der Waals surface area contributed by atoms with Crippen LogP contribution in [0, 0.1) is 3.57 Å². The van der Waals surface area contributed by atoms with E-state index in [4.69, 9.17) is 4.74 Å². The molecule has 0 saturated carbocycles. The lowest BCUT2D eigenvalue weighted by Crippen LogP contribution is -2.21. The molecule has 1 aromatic carbocycles. The fourth-order valence-corrected chi connectivity index (χ4v) is 3.03. The summed E-state index contributed by atoms with van der Waals surface area (Å²) in [5.41, 5.74) is 2.23. The molecule has 1 N–H and O–H groups in total. The quantitative estimate of drug-likeness (QED) is 0.804. The molecule has 82 valence electrons. The standard InChI is InChI=1S/C13H11IO2/c14-10-5-2-4-9-12-8(7-15)3-1-6-11(12)16-13(9)10/h1-6,11-12,15H,7H2/t11-,12-/m1/s1. The van der Waals surface area contributed by atoms with Crippen LogP contribution in [0.15, 0.2) is 42.0 Å². The Hall–Kier alpha value is -0.810. The van der Waals surface area contributed by atoms with Crippen molar-refractivity contribution in [3.05, 3.63) is 51.1 Å². The van der Waals surface area contributed by atoms with Crippen LogP contribution in [-0.4, -0.2) is 17.8 Å². The molecule has 1 aliphatic heterocycles. The highest BCUT2D eigenvalue weighted by molar-refractivity contribution is 14.1. The normalized spacial score (nSPS) is 25.8. The minimum atomic E-state index is 0.0538. The van der Waals surface area contributed by atoms with Crippen molar-refractivity contribution in [2.24, 2.45) is 0 Å². The lowest BCUT2D eigenvalue weighted by molar-refractivity contribution is 0.248. The number of fused-ring (bicyclic) bond motifs is 3. The first-order valence-electron chi connectivity index (χ1n) is 5.24. The van der Waals surface area contributed by atoms with Gasteiger partial charge in [-0.25, -0.2) is 0 Å². The van der Waals surface area contributed by atoms with E-state index >= 15 is 0 Å². The number of hydrogen-bond acceptors (Lipinski definition) is 2. The van der Waals surface area contributed by atoms with Gasteiger partial charge in [0.25, 0.3) is 0 Å². The van der Waals surface area contributed by atoms with E-state index in [1.54, 1.807) is 0 Å². The predicted octanol–water partition coefficient (Wildman–Crippen LogP) is 2.62. The zero-order valence-electron chi connectivity index (χ0n) is 8.56. The Kier molecular flexibility index (Phi) is 2.52. The Morgan fingerprint density at radius 2 is 2.25 bits per heavy atom. The molecule has 2 atom stereocenters. The number of halogens is 1. The Morgan fingerprint density at radius 1 is 1.38 bits per heavy atom. The largest absolute Gasteiger partial charge is 0.484 e. The second-order valence-corrected chi connectivity index (χ2v) is 5.17. The van der Waals surface area contributed by atoms with Crippen LogP contribution >= 0.6 is 22.6 Å². The zero-order chi connectivity index (χ0) is 11.1. The van der Waals surface area contributed by atoms with Gasteiger partial charge in [0, 0.05) is 5.56 Å². The molecule has 0 saturated heterocycles. The second kappa shape index (κ2) is 3.89. The van der Waals surface area contributed by atoms with Crippen LogP contribution < -0.4 is 4.74 Å². The minimum absolute atomic E-state index is 0.0538.